The SMILES string of the molecule is Cc1ccc(-n2ccn3c(SCC(=O)Nc4cc(F)ccc4F)nnc3c2=O)cc1C. The van der Waals surface area contributed by atoms with E-state index in [-0.39, 0.29) is 22.6 Å². The van der Waals surface area contributed by atoms with Gasteiger partial charge in [-0.3, -0.25) is 18.6 Å². The zero-order valence-corrected chi connectivity index (χ0v) is 17.4. The number of nitrogens with one attached hydrogen (secondary N) is 1. The van der Waals surface area contributed by atoms with E-state index in [0.29, 0.717) is 10.8 Å². The molecule has 0 bridgehead atoms. The lowest BCUT2D eigenvalue weighted by atomic mass is 10.1. The van der Waals surface area contributed by atoms with E-state index in [2.05, 4.69) is 15.5 Å². The fraction of sp³-hybridized carbons (Fsp3) is 0.143. The zero-order chi connectivity index (χ0) is 22.1. The zero-order valence-electron chi connectivity index (χ0n) is 16.6. The average molecular weight is 441 g/mol. The fourth-order valence-electron chi connectivity index (χ4n) is 2.95. The first-order chi connectivity index (χ1) is 14.8. The number of hydrogen-bond acceptors (Lipinski definition) is 5. The van der Waals surface area contributed by atoms with Crippen molar-refractivity contribution in [3.05, 3.63) is 81.9 Å². The first kappa shape index (κ1) is 20.7. The second kappa shape index (κ2) is 8.31. The summed E-state index contributed by atoms with van der Waals surface area (Å²) in [6.07, 6.45) is 3.24. The molecule has 31 heavy (non-hydrogen) atoms. The van der Waals surface area contributed by atoms with Crippen molar-refractivity contribution in [3.8, 4) is 5.69 Å². The molecule has 4 rings (SSSR count). The normalized spacial score (nSPS) is 11.1. The van der Waals surface area contributed by atoms with Crippen LogP contribution in [0.15, 0.2) is 58.7 Å². The summed E-state index contributed by atoms with van der Waals surface area (Å²) in [5.41, 5.74) is 2.41. The number of thioether (sulfide) groups is 1. The van der Waals surface area contributed by atoms with Crippen LogP contribution in [0.2, 0.25) is 0 Å². The van der Waals surface area contributed by atoms with Crippen LogP contribution in [0.3, 0.4) is 0 Å². The first-order valence-electron chi connectivity index (χ1n) is 9.25. The Hall–Kier alpha value is -3.53. The van der Waals surface area contributed by atoms with Gasteiger partial charge in [0.25, 0.3) is 0 Å². The van der Waals surface area contributed by atoms with Crippen molar-refractivity contribution >= 4 is 29.0 Å². The molecule has 1 amide bonds. The van der Waals surface area contributed by atoms with Crippen LogP contribution in [0.5, 0.6) is 0 Å². The van der Waals surface area contributed by atoms with Gasteiger partial charge in [-0.05, 0) is 49.2 Å². The molecule has 0 saturated heterocycles. The molecular formula is C21H17F2N5O2S. The van der Waals surface area contributed by atoms with Crippen LogP contribution in [0, 0.1) is 25.5 Å². The van der Waals surface area contributed by atoms with Gasteiger partial charge in [0.2, 0.25) is 11.6 Å². The second-order valence-corrected chi connectivity index (χ2v) is 7.82. The molecule has 0 aliphatic heterocycles. The number of amides is 1. The van der Waals surface area contributed by atoms with Crippen molar-refractivity contribution < 1.29 is 13.6 Å². The third kappa shape index (κ3) is 4.19. The molecule has 7 nitrogen and oxygen atoms in total. The number of carbonyl (C=O) groups is 1. The summed E-state index contributed by atoms with van der Waals surface area (Å²) < 4.78 is 29.9. The van der Waals surface area contributed by atoms with Crippen molar-refractivity contribution in [2.24, 2.45) is 0 Å². The van der Waals surface area contributed by atoms with Crippen molar-refractivity contribution in [3.63, 3.8) is 0 Å². The molecule has 2 aromatic carbocycles. The molecular weight excluding hydrogens is 424 g/mol. The number of fused-ring (bicyclic) bond motifs is 1. The van der Waals surface area contributed by atoms with Crippen LogP contribution in [-0.2, 0) is 4.79 Å². The summed E-state index contributed by atoms with van der Waals surface area (Å²) in [6.45, 7) is 3.96. The van der Waals surface area contributed by atoms with Gasteiger partial charge in [-0.15, -0.1) is 10.2 Å². The third-order valence-corrected chi connectivity index (χ3v) is 5.69. The van der Waals surface area contributed by atoms with Gasteiger partial charge in [-0.2, -0.15) is 0 Å². The minimum atomic E-state index is -0.737. The number of benzene rings is 2. The Labute approximate surface area is 179 Å². The summed E-state index contributed by atoms with van der Waals surface area (Å²) in [4.78, 5) is 25.0. The molecule has 2 aromatic heterocycles. The van der Waals surface area contributed by atoms with E-state index in [9.17, 15) is 18.4 Å². The second-order valence-electron chi connectivity index (χ2n) is 6.88. The summed E-state index contributed by atoms with van der Waals surface area (Å²) in [6, 6.07) is 8.50. The number of rotatable bonds is 5. The Morgan fingerprint density at radius 1 is 1.06 bits per heavy atom. The highest BCUT2D eigenvalue weighted by atomic mass is 32.2. The predicted molar refractivity (Wildman–Crippen MR) is 114 cm³/mol. The van der Waals surface area contributed by atoms with Crippen LogP contribution in [0.1, 0.15) is 11.1 Å². The lowest BCUT2D eigenvalue weighted by Crippen LogP contribution is -2.20. The molecule has 0 unspecified atom stereocenters. The molecule has 0 aliphatic rings. The van der Waals surface area contributed by atoms with Gasteiger partial charge in [0, 0.05) is 24.1 Å². The standard InChI is InChI=1S/C21H17F2N5O2S/c1-12-3-5-15(9-13(12)2)27-7-8-28-19(20(27)30)25-26-21(28)31-11-18(29)24-17-10-14(22)4-6-16(17)23/h3-10H,11H2,1-2H3,(H,24,29). The number of hydrogen-bond donors (Lipinski definition) is 1. The van der Waals surface area contributed by atoms with Gasteiger partial charge in [0.15, 0.2) is 5.16 Å². The number of halogens is 2. The summed E-state index contributed by atoms with van der Waals surface area (Å²) in [5.74, 6) is -2.07. The maximum atomic E-state index is 13.7. The number of anilines is 1. The highest BCUT2D eigenvalue weighted by molar-refractivity contribution is 7.99. The van der Waals surface area contributed by atoms with Crippen LogP contribution >= 0.6 is 11.8 Å². The van der Waals surface area contributed by atoms with E-state index in [1.54, 1.807) is 12.4 Å². The van der Waals surface area contributed by atoms with E-state index in [4.69, 9.17) is 0 Å². The smallest absolute Gasteiger partial charge is 0.300 e. The molecule has 4 aromatic rings. The number of aryl methyl sites for hydroxylation is 2. The predicted octanol–water partition coefficient (Wildman–Crippen LogP) is 3.51. The monoisotopic (exact) mass is 441 g/mol. The Morgan fingerprint density at radius 3 is 2.65 bits per heavy atom. The van der Waals surface area contributed by atoms with Gasteiger partial charge in [-0.25, -0.2) is 8.78 Å². The molecule has 1 N–H and O–H groups in total. The van der Waals surface area contributed by atoms with Crippen LogP contribution in [-0.4, -0.2) is 30.8 Å². The van der Waals surface area contributed by atoms with E-state index < -0.39 is 17.5 Å². The highest BCUT2D eigenvalue weighted by Gasteiger charge is 2.15. The Balaban J connectivity index is 1.53. The van der Waals surface area contributed by atoms with Gasteiger partial charge in [-0.1, -0.05) is 17.8 Å². The number of nitrogens with zero attached hydrogens (tertiary/aromatic N) is 4. The molecule has 2 heterocycles. The lowest BCUT2D eigenvalue weighted by Gasteiger charge is -2.09. The largest absolute Gasteiger partial charge is 0.323 e. The summed E-state index contributed by atoms with van der Waals surface area (Å²) in [5, 5.41) is 10.6. The van der Waals surface area contributed by atoms with Gasteiger partial charge < -0.3 is 5.32 Å². The van der Waals surface area contributed by atoms with Gasteiger partial charge >= 0.3 is 5.56 Å². The highest BCUT2D eigenvalue weighted by Crippen LogP contribution is 2.19. The van der Waals surface area contributed by atoms with Crippen LogP contribution < -0.4 is 10.9 Å². The molecule has 0 radical (unpaired) electrons. The minimum Gasteiger partial charge on any atom is -0.323 e. The summed E-state index contributed by atoms with van der Waals surface area (Å²) >= 11 is 1.02. The lowest BCUT2D eigenvalue weighted by molar-refractivity contribution is -0.113. The van der Waals surface area contributed by atoms with Crippen molar-refractivity contribution in [2.45, 2.75) is 19.0 Å². The fourth-order valence-corrected chi connectivity index (χ4v) is 3.67. The Morgan fingerprint density at radius 2 is 1.87 bits per heavy atom. The minimum absolute atomic E-state index is 0.111. The van der Waals surface area contributed by atoms with Crippen LogP contribution in [0.25, 0.3) is 11.3 Å². The van der Waals surface area contributed by atoms with Crippen LogP contribution in [0.4, 0.5) is 14.5 Å². The van der Waals surface area contributed by atoms with Crippen molar-refractivity contribution in [2.75, 3.05) is 11.1 Å². The van der Waals surface area contributed by atoms with E-state index >= 15 is 0 Å². The Bertz CT molecular complexity index is 1370. The molecule has 0 aliphatic carbocycles. The topological polar surface area (TPSA) is 81.3 Å². The van der Waals surface area contributed by atoms with E-state index in [1.807, 2.05) is 32.0 Å². The van der Waals surface area contributed by atoms with Gasteiger partial charge in [0.1, 0.15) is 11.6 Å². The molecule has 0 atom stereocenters. The molecule has 0 fully saturated rings. The third-order valence-electron chi connectivity index (χ3n) is 4.74. The van der Waals surface area contributed by atoms with E-state index in [0.717, 1.165) is 41.1 Å². The molecule has 10 heteroatoms. The Kier molecular flexibility index (Phi) is 5.55. The van der Waals surface area contributed by atoms with E-state index in [1.165, 1.54) is 8.97 Å². The van der Waals surface area contributed by atoms with Gasteiger partial charge in [0.05, 0.1) is 11.4 Å². The number of carbonyl (C=O) groups excluding carboxylic acids is 1. The molecule has 0 saturated carbocycles. The number of aromatic nitrogens is 4. The first-order valence-corrected chi connectivity index (χ1v) is 10.2. The molecule has 0 spiro atoms. The summed E-state index contributed by atoms with van der Waals surface area (Å²) in [7, 11) is 0. The molecule has 158 valence electrons. The van der Waals surface area contributed by atoms with Crippen molar-refractivity contribution in [1.82, 2.24) is 19.2 Å². The van der Waals surface area contributed by atoms with Crippen molar-refractivity contribution in [1.29, 1.82) is 0 Å². The maximum Gasteiger partial charge on any atom is 0.300 e. The maximum absolute atomic E-state index is 13.7. The average Bonchev–Trinajstić information content (AvgIpc) is 3.16. The quantitative estimate of drug-likeness (QED) is 0.480.